The molecule has 2 unspecified atom stereocenters. The van der Waals surface area contributed by atoms with E-state index in [2.05, 4.69) is 8.52 Å². The average Bonchev–Trinajstić information content (AvgIpc) is 2.76. The van der Waals surface area contributed by atoms with Crippen molar-refractivity contribution in [2.24, 2.45) is 15.0 Å². The molecule has 0 bridgehead atoms. The van der Waals surface area contributed by atoms with E-state index in [1.165, 1.54) is 18.2 Å². The Morgan fingerprint density at radius 1 is 1.20 bits per heavy atom. The lowest BCUT2D eigenvalue weighted by molar-refractivity contribution is -0.119. The molecule has 1 aliphatic carbocycles. The summed E-state index contributed by atoms with van der Waals surface area (Å²) in [5.41, 5.74) is 2.94. The van der Waals surface area contributed by atoms with E-state index >= 15 is 0 Å². The summed E-state index contributed by atoms with van der Waals surface area (Å²) in [5.74, 6) is -2.20. The lowest BCUT2D eigenvalue weighted by Crippen LogP contribution is -2.31. The van der Waals surface area contributed by atoms with Gasteiger partial charge in [-0.15, -0.1) is 0 Å². The zero-order valence-corrected chi connectivity index (χ0v) is 18.2. The van der Waals surface area contributed by atoms with Gasteiger partial charge >= 0.3 is 5.97 Å². The second-order valence-electron chi connectivity index (χ2n) is 6.79. The number of carbonyl (C=O) groups is 2. The van der Waals surface area contributed by atoms with Crippen molar-refractivity contribution in [3.8, 4) is 6.07 Å². The molecule has 0 saturated carbocycles. The van der Waals surface area contributed by atoms with Crippen LogP contribution < -0.4 is 5.32 Å². The first-order chi connectivity index (χ1) is 14.5. The number of rotatable bonds is 5. The highest BCUT2D eigenvalue weighted by Crippen LogP contribution is 2.31. The highest BCUT2D eigenvalue weighted by Gasteiger charge is 2.30. The van der Waals surface area contributed by atoms with E-state index in [-0.39, 0.29) is 28.6 Å². The molecule has 0 saturated heterocycles. The minimum absolute atomic E-state index is 0.121. The maximum atomic E-state index is 13.0. The van der Waals surface area contributed by atoms with Crippen LogP contribution in [0.5, 0.6) is 0 Å². The molecule has 0 spiro atoms. The minimum atomic E-state index is -1.21. The van der Waals surface area contributed by atoms with Gasteiger partial charge in [0.1, 0.15) is 0 Å². The lowest BCUT2D eigenvalue weighted by Gasteiger charge is -2.26. The van der Waals surface area contributed by atoms with Gasteiger partial charge < -0.3 is 10.4 Å². The lowest BCUT2D eigenvalue weighted by atomic mass is 9.79. The number of nitrogens with zero attached hydrogens (tertiary/aromatic N) is 2. The molecule has 0 fully saturated rings. The Kier molecular flexibility index (Phi) is 6.79. The summed E-state index contributed by atoms with van der Waals surface area (Å²) in [4.78, 5) is 24.6. The molecule has 0 aliphatic heterocycles. The zero-order chi connectivity index (χ0) is 21.7. The standard InChI is InChI=1S/C23H18IN3O3/c1-14-17(21(27-24)16-6-3-2-4-7-16)8-5-9-18(14)22(28)26-20-11-10-15(13-25)12-19(20)23(29)30/h2-12,14,18H,1H3,(H,26,28)(H,29,30). The van der Waals surface area contributed by atoms with Crippen LogP contribution in [0.25, 0.3) is 0 Å². The monoisotopic (exact) mass is 511 g/mol. The molecule has 0 radical (unpaired) electrons. The Morgan fingerprint density at radius 2 is 1.93 bits per heavy atom. The summed E-state index contributed by atoms with van der Waals surface area (Å²) in [6, 6.07) is 15.8. The molecule has 6 nitrogen and oxygen atoms in total. The molecular formula is C23H18IN3O3. The van der Waals surface area contributed by atoms with Crippen LogP contribution in [0.2, 0.25) is 0 Å². The van der Waals surface area contributed by atoms with E-state index in [4.69, 9.17) is 5.26 Å². The second kappa shape index (κ2) is 9.50. The van der Waals surface area contributed by atoms with E-state index in [1.54, 1.807) is 6.08 Å². The molecule has 1 aliphatic rings. The number of hydrogen-bond acceptors (Lipinski definition) is 4. The van der Waals surface area contributed by atoms with Gasteiger partial charge in [-0.05, 0) is 29.7 Å². The molecule has 2 aromatic rings. The Balaban J connectivity index is 1.85. The third-order valence-corrected chi connectivity index (χ3v) is 5.45. The van der Waals surface area contributed by atoms with E-state index in [1.807, 2.05) is 78.3 Å². The van der Waals surface area contributed by atoms with Crippen molar-refractivity contribution < 1.29 is 14.7 Å². The number of allylic oxidation sites excluding steroid dienone is 3. The predicted octanol–water partition coefficient (Wildman–Crippen LogP) is 4.78. The van der Waals surface area contributed by atoms with E-state index in [0.717, 1.165) is 16.8 Å². The number of hydrogen-bond donors (Lipinski definition) is 2. The van der Waals surface area contributed by atoms with Crippen LogP contribution in [-0.4, -0.2) is 22.7 Å². The topological polar surface area (TPSA) is 103 Å². The molecule has 7 heteroatoms. The molecule has 2 N–H and O–H groups in total. The summed E-state index contributed by atoms with van der Waals surface area (Å²) < 4.78 is 4.41. The van der Waals surface area contributed by atoms with Crippen LogP contribution in [0.3, 0.4) is 0 Å². The number of anilines is 1. The summed E-state index contributed by atoms with van der Waals surface area (Å²) >= 11 is 1.96. The molecule has 2 aromatic carbocycles. The summed E-state index contributed by atoms with van der Waals surface area (Å²) in [6.45, 7) is 1.95. The minimum Gasteiger partial charge on any atom is -0.478 e. The molecule has 1 amide bonds. The number of nitrogens with one attached hydrogen (secondary N) is 1. The van der Waals surface area contributed by atoms with Crippen molar-refractivity contribution in [2.45, 2.75) is 6.92 Å². The molecule has 30 heavy (non-hydrogen) atoms. The predicted molar refractivity (Wildman–Crippen MR) is 124 cm³/mol. The van der Waals surface area contributed by atoms with Gasteiger partial charge in [0.25, 0.3) is 0 Å². The van der Waals surface area contributed by atoms with Crippen LogP contribution in [0.1, 0.15) is 28.4 Å². The van der Waals surface area contributed by atoms with Crippen molar-refractivity contribution >= 4 is 46.1 Å². The van der Waals surface area contributed by atoms with Crippen molar-refractivity contribution in [3.63, 3.8) is 0 Å². The van der Waals surface area contributed by atoms with Crippen LogP contribution in [0.15, 0.2) is 75.5 Å². The van der Waals surface area contributed by atoms with Crippen molar-refractivity contribution in [3.05, 3.63) is 89.0 Å². The third-order valence-electron chi connectivity index (χ3n) is 4.97. The first-order valence-corrected chi connectivity index (χ1v) is 10.1. The van der Waals surface area contributed by atoms with Gasteiger partial charge in [-0.1, -0.05) is 55.5 Å². The Morgan fingerprint density at radius 3 is 2.57 bits per heavy atom. The van der Waals surface area contributed by atoms with Crippen LogP contribution >= 0.6 is 22.9 Å². The van der Waals surface area contributed by atoms with Gasteiger partial charge in [-0.25, -0.2) is 8.00 Å². The number of halogens is 1. The average molecular weight is 511 g/mol. The number of amides is 1. The zero-order valence-electron chi connectivity index (χ0n) is 16.0. The smallest absolute Gasteiger partial charge is 0.337 e. The third kappa shape index (κ3) is 4.49. The molecular weight excluding hydrogens is 493 g/mol. The number of carbonyl (C=O) groups excluding carboxylic acids is 1. The Bertz CT molecular complexity index is 1110. The molecule has 0 heterocycles. The number of nitriles is 1. The van der Waals surface area contributed by atoms with Gasteiger partial charge in [0, 0.05) is 5.56 Å². The van der Waals surface area contributed by atoms with E-state index in [0.29, 0.717) is 0 Å². The molecule has 2 atom stereocenters. The number of carboxylic acids is 1. The number of benzene rings is 2. The van der Waals surface area contributed by atoms with Gasteiger partial charge in [-0.3, -0.25) is 4.79 Å². The van der Waals surface area contributed by atoms with Gasteiger partial charge in [-0.2, -0.15) is 5.26 Å². The highest BCUT2D eigenvalue weighted by molar-refractivity contribution is 14.1. The van der Waals surface area contributed by atoms with Crippen molar-refractivity contribution in [1.29, 1.82) is 5.26 Å². The Labute approximate surface area is 188 Å². The molecule has 0 aromatic heterocycles. The summed E-state index contributed by atoms with van der Waals surface area (Å²) in [7, 11) is 0. The van der Waals surface area contributed by atoms with E-state index in [9.17, 15) is 14.7 Å². The van der Waals surface area contributed by atoms with Gasteiger partial charge in [0.05, 0.1) is 57.4 Å². The van der Waals surface area contributed by atoms with Crippen LogP contribution in [-0.2, 0) is 4.79 Å². The maximum Gasteiger partial charge on any atom is 0.337 e. The molecule has 3 rings (SSSR count). The quantitative estimate of drug-likeness (QED) is 0.446. The van der Waals surface area contributed by atoms with Crippen LogP contribution in [0, 0.1) is 23.2 Å². The van der Waals surface area contributed by atoms with Crippen molar-refractivity contribution in [2.75, 3.05) is 5.32 Å². The summed E-state index contributed by atoms with van der Waals surface area (Å²) in [6.07, 6.45) is 5.56. The fraction of sp³-hybridized carbons (Fsp3) is 0.130. The normalized spacial score (nSPS) is 18.3. The largest absolute Gasteiger partial charge is 0.478 e. The second-order valence-corrected chi connectivity index (χ2v) is 7.27. The summed E-state index contributed by atoms with van der Waals surface area (Å²) in [5, 5.41) is 21.1. The van der Waals surface area contributed by atoms with Crippen LogP contribution in [0.4, 0.5) is 5.69 Å². The fourth-order valence-electron chi connectivity index (χ4n) is 3.38. The number of carboxylic acid groups (broad SMARTS) is 1. The molecule has 150 valence electrons. The van der Waals surface area contributed by atoms with E-state index < -0.39 is 11.9 Å². The van der Waals surface area contributed by atoms with Gasteiger partial charge in [0.2, 0.25) is 5.91 Å². The van der Waals surface area contributed by atoms with Crippen molar-refractivity contribution in [1.82, 2.24) is 0 Å². The fourth-order valence-corrected chi connectivity index (χ4v) is 3.93. The SMILES string of the molecule is CC1C(C(=NI)c2ccccc2)=CC=CC1C(=O)Nc1ccc(C#N)cc1C(=O)O. The number of aromatic carboxylic acids is 1. The first kappa shape index (κ1) is 21.5. The van der Waals surface area contributed by atoms with Gasteiger partial charge in [0.15, 0.2) is 0 Å². The maximum absolute atomic E-state index is 13.0. The first-order valence-electron chi connectivity index (χ1n) is 9.17. The Hall–Kier alpha value is -3.25. The highest BCUT2D eigenvalue weighted by atomic mass is 127.